The number of ether oxygens (including phenoxy) is 1. The number of guanidine groups is 1. The van der Waals surface area contributed by atoms with Gasteiger partial charge in [-0.1, -0.05) is 6.07 Å². The average molecular weight is 441 g/mol. The van der Waals surface area contributed by atoms with E-state index in [0.29, 0.717) is 6.54 Å². The molecule has 0 radical (unpaired) electrons. The van der Waals surface area contributed by atoms with Crippen LogP contribution in [0.3, 0.4) is 0 Å². The largest absolute Gasteiger partial charge is 0.494 e. The lowest BCUT2D eigenvalue weighted by Gasteiger charge is -2.22. The van der Waals surface area contributed by atoms with E-state index in [0.717, 1.165) is 30.2 Å². The van der Waals surface area contributed by atoms with Gasteiger partial charge in [0.15, 0.2) is 17.5 Å². The quantitative estimate of drug-likeness (QED) is 0.305. The minimum absolute atomic E-state index is 0. The summed E-state index contributed by atoms with van der Waals surface area (Å²) in [5.41, 5.74) is 0.878. The lowest BCUT2D eigenvalue weighted by molar-refractivity contribution is 0.385. The van der Waals surface area contributed by atoms with Gasteiger partial charge >= 0.3 is 0 Å². The molecule has 7 heteroatoms. The Kier molecular flexibility index (Phi) is 11.4. The fourth-order valence-corrected chi connectivity index (χ4v) is 2.39. The van der Waals surface area contributed by atoms with Crippen LogP contribution in [0.15, 0.2) is 23.2 Å². The van der Waals surface area contributed by atoms with Crippen molar-refractivity contribution in [2.24, 2.45) is 4.99 Å². The molecule has 0 aliphatic carbocycles. The van der Waals surface area contributed by atoms with E-state index < -0.39 is 0 Å². The highest BCUT2D eigenvalue weighted by atomic mass is 127. The summed E-state index contributed by atoms with van der Waals surface area (Å²) in [6.45, 7) is 1.47. The number of benzene rings is 1. The molecule has 126 valence electrons. The predicted octanol–water partition coefficient (Wildman–Crippen LogP) is 3.21. The Morgan fingerprint density at radius 1 is 1.45 bits per heavy atom. The predicted molar refractivity (Wildman–Crippen MR) is 104 cm³/mol. The second kappa shape index (κ2) is 11.8. The molecule has 1 aromatic rings. The van der Waals surface area contributed by atoms with Gasteiger partial charge in [-0.15, -0.1) is 24.0 Å². The molecule has 1 N–H and O–H groups in total. The molecule has 4 nitrogen and oxygen atoms in total. The fourth-order valence-electron chi connectivity index (χ4n) is 1.96. The van der Waals surface area contributed by atoms with Crippen LogP contribution in [0.25, 0.3) is 0 Å². The van der Waals surface area contributed by atoms with E-state index in [1.165, 1.54) is 13.2 Å². The monoisotopic (exact) mass is 441 g/mol. The summed E-state index contributed by atoms with van der Waals surface area (Å²) in [7, 11) is 5.15. The highest BCUT2D eigenvalue weighted by molar-refractivity contribution is 14.0. The Hall–Kier alpha value is -0.700. The van der Waals surface area contributed by atoms with E-state index in [9.17, 15) is 4.39 Å². The number of hydrogen-bond acceptors (Lipinski definition) is 3. The van der Waals surface area contributed by atoms with Gasteiger partial charge in [-0.25, -0.2) is 4.39 Å². The number of rotatable bonds is 7. The summed E-state index contributed by atoms with van der Waals surface area (Å²) in [5.74, 6) is 1.86. The van der Waals surface area contributed by atoms with E-state index in [1.807, 2.05) is 29.8 Å². The number of nitrogens with one attached hydrogen (secondary N) is 1. The van der Waals surface area contributed by atoms with Crippen molar-refractivity contribution in [2.75, 3.05) is 39.8 Å². The van der Waals surface area contributed by atoms with Gasteiger partial charge in [0.25, 0.3) is 0 Å². The Balaban J connectivity index is 0.00000441. The van der Waals surface area contributed by atoms with E-state index in [2.05, 4.69) is 16.6 Å². The summed E-state index contributed by atoms with van der Waals surface area (Å²) in [6, 6.07) is 5.00. The van der Waals surface area contributed by atoms with Crippen LogP contribution < -0.4 is 10.1 Å². The number of nitrogens with zero attached hydrogens (tertiary/aromatic N) is 2. The molecule has 1 aromatic carbocycles. The molecule has 0 atom stereocenters. The van der Waals surface area contributed by atoms with Crippen molar-refractivity contribution >= 4 is 41.7 Å². The van der Waals surface area contributed by atoms with E-state index in [1.54, 1.807) is 13.1 Å². The van der Waals surface area contributed by atoms with Crippen molar-refractivity contribution in [3.05, 3.63) is 29.6 Å². The first-order valence-corrected chi connectivity index (χ1v) is 8.25. The van der Waals surface area contributed by atoms with Crippen LogP contribution in [0.1, 0.15) is 12.0 Å². The minimum Gasteiger partial charge on any atom is -0.494 e. The molecule has 0 aliphatic rings. The van der Waals surface area contributed by atoms with Gasteiger partial charge in [-0.3, -0.25) is 4.99 Å². The van der Waals surface area contributed by atoms with Crippen LogP contribution in [0, 0.1) is 5.82 Å². The van der Waals surface area contributed by atoms with Crippen LogP contribution in [0.5, 0.6) is 5.75 Å². The Bertz CT molecular complexity index is 474. The highest BCUT2D eigenvalue weighted by Crippen LogP contribution is 2.18. The van der Waals surface area contributed by atoms with Gasteiger partial charge in [0.05, 0.1) is 7.11 Å². The maximum atomic E-state index is 13.7. The molecule has 22 heavy (non-hydrogen) atoms. The topological polar surface area (TPSA) is 36.9 Å². The van der Waals surface area contributed by atoms with Crippen molar-refractivity contribution in [3.8, 4) is 5.75 Å². The normalized spacial score (nSPS) is 10.9. The Morgan fingerprint density at radius 3 is 2.73 bits per heavy atom. The standard InChI is InChI=1S/C15H24FN3OS.HI/c1-17-15(18-8-5-9-21-4)19(2)11-12-6-7-14(20-3)13(16)10-12;/h6-7,10H,5,8-9,11H2,1-4H3,(H,17,18);1H. The molecular formula is C15H25FIN3OS. The van der Waals surface area contributed by atoms with Gasteiger partial charge in [0.1, 0.15) is 0 Å². The van der Waals surface area contributed by atoms with E-state index in [4.69, 9.17) is 4.74 Å². The summed E-state index contributed by atoms with van der Waals surface area (Å²) >= 11 is 1.83. The Labute approximate surface area is 153 Å². The number of methoxy groups -OCH3 is 1. The number of aliphatic imine (C=N–C) groups is 1. The van der Waals surface area contributed by atoms with Gasteiger partial charge in [-0.2, -0.15) is 11.8 Å². The maximum Gasteiger partial charge on any atom is 0.193 e. The SMILES string of the molecule is CN=C(NCCCSC)N(C)Cc1ccc(OC)c(F)c1.I. The molecule has 1 rings (SSSR count). The average Bonchev–Trinajstić information content (AvgIpc) is 2.47. The van der Waals surface area contributed by atoms with E-state index in [-0.39, 0.29) is 35.5 Å². The van der Waals surface area contributed by atoms with Crippen LogP contribution in [-0.2, 0) is 6.54 Å². The molecule has 0 spiro atoms. The first-order chi connectivity index (χ1) is 10.1. The summed E-state index contributed by atoms with van der Waals surface area (Å²) in [5, 5.41) is 3.31. The molecule has 0 aliphatic heterocycles. The maximum absolute atomic E-state index is 13.7. The lowest BCUT2D eigenvalue weighted by Crippen LogP contribution is -2.39. The van der Waals surface area contributed by atoms with E-state index >= 15 is 0 Å². The third-order valence-corrected chi connectivity index (χ3v) is 3.71. The first kappa shape index (κ1) is 21.3. The van der Waals surface area contributed by atoms with Gasteiger partial charge in [0.2, 0.25) is 0 Å². The van der Waals surface area contributed by atoms with Crippen LogP contribution in [-0.4, -0.2) is 50.6 Å². The Morgan fingerprint density at radius 2 is 2.18 bits per heavy atom. The van der Waals surface area contributed by atoms with Crippen molar-refractivity contribution < 1.29 is 9.13 Å². The third-order valence-electron chi connectivity index (χ3n) is 3.02. The second-order valence-electron chi connectivity index (χ2n) is 4.65. The fraction of sp³-hybridized carbons (Fsp3) is 0.533. The van der Waals surface area contributed by atoms with Crippen molar-refractivity contribution in [1.29, 1.82) is 0 Å². The second-order valence-corrected chi connectivity index (χ2v) is 5.63. The lowest BCUT2D eigenvalue weighted by atomic mass is 10.2. The van der Waals surface area contributed by atoms with Crippen LogP contribution in [0.2, 0.25) is 0 Å². The van der Waals surface area contributed by atoms with Crippen molar-refractivity contribution in [1.82, 2.24) is 10.2 Å². The molecular weight excluding hydrogens is 416 g/mol. The number of thioether (sulfide) groups is 1. The highest BCUT2D eigenvalue weighted by Gasteiger charge is 2.08. The first-order valence-electron chi connectivity index (χ1n) is 6.85. The zero-order valence-corrected chi connectivity index (χ0v) is 16.7. The summed E-state index contributed by atoms with van der Waals surface area (Å²) in [6.07, 6.45) is 3.18. The number of hydrogen-bond donors (Lipinski definition) is 1. The van der Waals surface area contributed by atoms with Crippen LogP contribution in [0.4, 0.5) is 4.39 Å². The van der Waals surface area contributed by atoms with Gasteiger partial charge < -0.3 is 15.0 Å². The molecule has 0 bridgehead atoms. The zero-order valence-electron chi connectivity index (χ0n) is 13.6. The molecule has 0 saturated heterocycles. The molecule has 0 heterocycles. The van der Waals surface area contributed by atoms with Crippen LogP contribution >= 0.6 is 35.7 Å². The van der Waals surface area contributed by atoms with Gasteiger partial charge in [0, 0.05) is 27.2 Å². The molecule has 0 aromatic heterocycles. The summed E-state index contributed by atoms with van der Waals surface area (Å²) in [4.78, 5) is 6.22. The van der Waals surface area contributed by atoms with Crippen molar-refractivity contribution in [3.63, 3.8) is 0 Å². The molecule has 0 unspecified atom stereocenters. The molecule has 0 amide bonds. The minimum atomic E-state index is -0.341. The molecule has 0 fully saturated rings. The zero-order chi connectivity index (χ0) is 15.7. The number of halogens is 2. The molecule has 0 saturated carbocycles. The van der Waals surface area contributed by atoms with Gasteiger partial charge in [-0.05, 0) is 36.1 Å². The summed E-state index contributed by atoms with van der Waals surface area (Å²) < 4.78 is 18.6. The third kappa shape index (κ3) is 7.04. The van der Waals surface area contributed by atoms with Crippen molar-refractivity contribution in [2.45, 2.75) is 13.0 Å². The smallest absolute Gasteiger partial charge is 0.193 e.